The SMILES string of the molecule is CN1CCC(CCNCC2CCCN2)C1. The van der Waals surface area contributed by atoms with E-state index >= 15 is 0 Å². The van der Waals surface area contributed by atoms with E-state index in [4.69, 9.17) is 0 Å². The summed E-state index contributed by atoms with van der Waals surface area (Å²) in [6.07, 6.45) is 5.48. The molecule has 2 unspecified atom stereocenters. The van der Waals surface area contributed by atoms with Gasteiger partial charge in [-0.1, -0.05) is 0 Å². The second-order valence-electron chi connectivity index (χ2n) is 5.20. The van der Waals surface area contributed by atoms with Crippen molar-refractivity contribution >= 4 is 0 Å². The van der Waals surface area contributed by atoms with Crippen LogP contribution < -0.4 is 10.6 Å². The molecule has 2 atom stereocenters. The molecule has 0 aromatic heterocycles. The molecule has 2 rings (SSSR count). The van der Waals surface area contributed by atoms with Crippen molar-refractivity contribution in [1.29, 1.82) is 0 Å². The van der Waals surface area contributed by atoms with Crippen molar-refractivity contribution < 1.29 is 0 Å². The standard InChI is InChI=1S/C12H25N3/c1-15-8-5-11(10-15)4-7-13-9-12-3-2-6-14-12/h11-14H,2-10H2,1H3. The summed E-state index contributed by atoms with van der Waals surface area (Å²) < 4.78 is 0. The highest BCUT2D eigenvalue weighted by Crippen LogP contribution is 2.16. The van der Waals surface area contributed by atoms with Gasteiger partial charge in [0.1, 0.15) is 0 Å². The fourth-order valence-electron chi connectivity index (χ4n) is 2.78. The van der Waals surface area contributed by atoms with Crippen LogP contribution in [0.2, 0.25) is 0 Å². The molecular weight excluding hydrogens is 186 g/mol. The zero-order chi connectivity index (χ0) is 10.5. The predicted molar refractivity (Wildman–Crippen MR) is 64.1 cm³/mol. The molecule has 0 aromatic carbocycles. The van der Waals surface area contributed by atoms with Gasteiger partial charge in [-0.15, -0.1) is 0 Å². The first-order chi connectivity index (χ1) is 7.34. The highest BCUT2D eigenvalue weighted by atomic mass is 15.1. The summed E-state index contributed by atoms with van der Waals surface area (Å²) in [5.41, 5.74) is 0. The summed E-state index contributed by atoms with van der Waals surface area (Å²) in [4.78, 5) is 2.45. The maximum Gasteiger partial charge on any atom is 0.0192 e. The van der Waals surface area contributed by atoms with Gasteiger partial charge in [-0.25, -0.2) is 0 Å². The van der Waals surface area contributed by atoms with Gasteiger partial charge in [-0.05, 0) is 58.3 Å². The van der Waals surface area contributed by atoms with Gasteiger partial charge in [0.05, 0.1) is 0 Å². The number of hydrogen-bond acceptors (Lipinski definition) is 3. The Labute approximate surface area is 93.6 Å². The molecule has 88 valence electrons. The van der Waals surface area contributed by atoms with Gasteiger partial charge in [0.25, 0.3) is 0 Å². The molecule has 2 N–H and O–H groups in total. The Morgan fingerprint density at radius 2 is 2.33 bits per heavy atom. The summed E-state index contributed by atoms with van der Waals surface area (Å²) in [7, 11) is 2.23. The molecule has 0 bridgehead atoms. The Morgan fingerprint density at radius 3 is 3.00 bits per heavy atom. The lowest BCUT2D eigenvalue weighted by Gasteiger charge is -2.13. The second-order valence-corrected chi connectivity index (χ2v) is 5.20. The van der Waals surface area contributed by atoms with Crippen molar-refractivity contribution in [3.63, 3.8) is 0 Å². The molecule has 2 saturated heterocycles. The Hall–Kier alpha value is -0.120. The molecule has 3 heteroatoms. The van der Waals surface area contributed by atoms with Crippen LogP contribution in [0.4, 0.5) is 0 Å². The Morgan fingerprint density at radius 1 is 1.40 bits per heavy atom. The van der Waals surface area contributed by atoms with Crippen molar-refractivity contribution in [2.45, 2.75) is 31.7 Å². The topological polar surface area (TPSA) is 27.3 Å². The van der Waals surface area contributed by atoms with Gasteiger partial charge in [0, 0.05) is 19.1 Å². The van der Waals surface area contributed by atoms with Gasteiger partial charge in [-0.2, -0.15) is 0 Å². The molecule has 3 nitrogen and oxygen atoms in total. The smallest absolute Gasteiger partial charge is 0.0192 e. The van der Waals surface area contributed by atoms with Crippen molar-refractivity contribution in [3.05, 3.63) is 0 Å². The molecule has 2 aliphatic rings. The van der Waals surface area contributed by atoms with Gasteiger partial charge in [0.2, 0.25) is 0 Å². The van der Waals surface area contributed by atoms with Crippen LogP contribution in [0.25, 0.3) is 0 Å². The Kier molecular flexibility index (Phi) is 4.42. The maximum absolute atomic E-state index is 3.59. The second kappa shape index (κ2) is 5.83. The van der Waals surface area contributed by atoms with E-state index in [-0.39, 0.29) is 0 Å². The van der Waals surface area contributed by atoms with Crippen LogP contribution in [-0.2, 0) is 0 Å². The molecule has 2 heterocycles. The Bertz CT molecular complexity index is 178. The molecule has 0 aliphatic carbocycles. The molecule has 0 amide bonds. The monoisotopic (exact) mass is 211 g/mol. The fraction of sp³-hybridized carbons (Fsp3) is 1.00. The first-order valence-electron chi connectivity index (χ1n) is 6.47. The first-order valence-corrected chi connectivity index (χ1v) is 6.47. The van der Waals surface area contributed by atoms with E-state index in [2.05, 4.69) is 22.6 Å². The number of nitrogens with one attached hydrogen (secondary N) is 2. The third kappa shape index (κ3) is 3.74. The van der Waals surface area contributed by atoms with Crippen LogP contribution in [-0.4, -0.2) is 50.7 Å². The zero-order valence-corrected chi connectivity index (χ0v) is 9.97. The third-order valence-electron chi connectivity index (χ3n) is 3.77. The number of nitrogens with zero attached hydrogens (tertiary/aromatic N) is 1. The van der Waals surface area contributed by atoms with Crippen LogP contribution >= 0.6 is 0 Å². The number of hydrogen-bond donors (Lipinski definition) is 2. The number of likely N-dealkylation sites (tertiary alicyclic amines) is 1. The highest BCUT2D eigenvalue weighted by Gasteiger charge is 2.19. The summed E-state index contributed by atoms with van der Waals surface area (Å²) in [5, 5.41) is 7.11. The van der Waals surface area contributed by atoms with E-state index in [9.17, 15) is 0 Å². The van der Waals surface area contributed by atoms with Crippen LogP contribution in [0.5, 0.6) is 0 Å². The predicted octanol–water partition coefficient (Wildman–Crippen LogP) is 0.670. The van der Waals surface area contributed by atoms with Gasteiger partial charge >= 0.3 is 0 Å². The van der Waals surface area contributed by atoms with Gasteiger partial charge < -0.3 is 15.5 Å². The Balaban J connectivity index is 1.48. The van der Waals surface area contributed by atoms with Crippen molar-refractivity contribution in [3.8, 4) is 0 Å². The minimum absolute atomic E-state index is 0.747. The van der Waals surface area contributed by atoms with E-state index in [1.807, 2.05) is 0 Å². The molecule has 2 aliphatic heterocycles. The molecule has 0 aromatic rings. The van der Waals surface area contributed by atoms with Crippen molar-refractivity contribution in [2.24, 2.45) is 5.92 Å². The quantitative estimate of drug-likeness (QED) is 0.655. The average Bonchev–Trinajstić information content (AvgIpc) is 2.84. The lowest BCUT2D eigenvalue weighted by molar-refractivity contribution is 0.383. The van der Waals surface area contributed by atoms with E-state index < -0.39 is 0 Å². The first kappa shape index (κ1) is 11.4. The van der Waals surface area contributed by atoms with E-state index in [1.54, 1.807) is 0 Å². The molecule has 0 spiro atoms. The zero-order valence-electron chi connectivity index (χ0n) is 9.97. The van der Waals surface area contributed by atoms with E-state index in [1.165, 1.54) is 58.4 Å². The molecular formula is C12H25N3. The largest absolute Gasteiger partial charge is 0.315 e. The van der Waals surface area contributed by atoms with Crippen LogP contribution in [0.3, 0.4) is 0 Å². The lowest BCUT2D eigenvalue weighted by atomic mass is 10.1. The number of rotatable bonds is 5. The van der Waals surface area contributed by atoms with Crippen molar-refractivity contribution in [1.82, 2.24) is 15.5 Å². The van der Waals surface area contributed by atoms with E-state index in [0.29, 0.717) is 0 Å². The summed E-state index contributed by atoms with van der Waals surface area (Å²) in [6, 6.07) is 0.747. The van der Waals surface area contributed by atoms with E-state index in [0.717, 1.165) is 12.0 Å². The average molecular weight is 211 g/mol. The van der Waals surface area contributed by atoms with Gasteiger partial charge in [0.15, 0.2) is 0 Å². The minimum Gasteiger partial charge on any atom is -0.315 e. The summed E-state index contributed by atoms with van der Waals surface area (Å²) in [5.74, 6) is 0.944. The summed E-state index contributed by atoms with van der Waals surface area (Å²) in [6.45, 7) is 6.21. The highest BCUT2D eigenvalue weighted by molar-refractivity contribution is 4.77. The summed E-state index contributed by atoms with van der Waals surface area (Å²) >= 11 is 0. The molecule has 2 fully saturated rings. The molecule has 0 radical (unpaired) electrons. The lowest BCUT2D eigenvalue weighted by Crippen LogP contribution is -2.34. The van der Waals surface area contributed by atoms with Gasteiger partial charge in [-0.3, -0.25) is 0 Å². The normalized spacial score (nSPS) is 32.6. The van der Waals surface area contributed by atoms with Crippen LogP contribution in [0.15, 0.2) is 0 Å². The van der Waals surface area contributed by atoms with Crippen LogP contribution in [0.1, 0.15) is 25.7 Å². The molecule has 0 saturated carbocycles. The molecule has 15 heavy (non-hydrogen) atoms. The fourth-order valence-corrected chi connectivity index (χ4v) is 2.78. The maximum atomic E-state index is 3.59. The van der Waals surface area contributed by atoms with Crippen LogP contribution in [0, 0.1) is 5.92 Å². The third-order valence-corrected chi connectivity index (χ3v) is 3.77. The minimum atomic E-state index is 0.747. The van der Waals surface area contributed by atoms with Crippen molar-refractivity contribution in [2.75, 3.05) is 39.8 Å².